The van der Waals surface area contributed by atoms with E-state index in [2.05, 4.69) is 59.3 Å². The zero-order valence-electron chi connectivity index (χ0n) is 15.4. The molecule has 0 saturated carbocycles. The van der Waals surface area contributed by atoms with Gasteiger partial charge in [0.1, 0.15) is 0 Å². The largest absolute Gasteiger partial charge is 0.469 e. The lowest BCUT2D eigenvalue weighted by molar-refractivity contribution is -0.140. The fourth-order valence-electron chi connectivity index (χ4n) is 2.55. The highest BCUT2D eigenvalue weighted by Crippen LogP contribution is 2.08. The topological polar surface area (TPSA) is 62.7 Å². The van der Waals surface area contributed by atoms with Gasteiger partial charge in [0.25, 0.3) is 0 Å². The second kappa shape index (κ2) is 11.5. The third-order valence-corrected chi connectivity index (χ3v) is 3.62. The van der Waals surface area contributed by atoms with Crippen LogP contribution < -0.4 is 10.6 Å². The third-order valence-electron chi connectivity index (χ3n) is 3.62. The Balaban J connectivity index is 2.36. The highest BCUT2D eigenvalue weighted by molar-refractivity contribution is 5.79. The predicted octanol–water partition coefficient (Wildman–Crippen LogP) is 2.74. The number of aryl methyl sites for hydroxylation is 2. The van der Waals surface area contributed by atoms with Crippen LogP contribution in [0.4, 0.5) is 0 Å². The van der Waals surface area contributed by atoms with E-state index in [-0.39, 0.29) is 5.97 Å². The van der Waals surface area contributed by atoms with E-state index < -0.39 is 0 Å². The van der Waals surface area contributed by atoms with Crippen molar-refractivity contribution in [3.8, 4) is 0 Å². The van der Waals surface area contributed by atoms with Crippen LogP contribution in [0.5, 0.6) is 0 Å². The molecule has 134 valence electrons. The number of benzene rings is 1. The van der Waals surface area contributed by atoms with Gasteiger partial charge in [-0.3, -0.25) is 9.79 Å². The molecule has 0 fully saturated rings. The number of hydrogen-bond donors (Lipinski definition) is 2. The number of carbonyl (C=O) groups excluding carboxylic acids is 1. The van der Waals surface area contributed by atoms with Gasteiger partial charge in [-0.1, -0.05) is 29.3 Å². The number of rotatable bonds is 9. The SMILES string of the molecule is CCNC(=NCCCCC(=O)OC)NCCc1cc(C)cc(C)c1. The monoisotopic (exact) mass is 333 g/mol. The molecule has 0 bridgehead atoms. The number of ether oxygens (including phenoxy) is 1. The van der Waals surface area contributed by atoms with Crippen LogP contribution in [0.3, 0.4) is 0 Å². The van der Waals surface area contributed by atoms with E-state index in [1.807, 2.05) is 0 Å². The maximum Gasteiger partial charge on any atom is 0.305 e. The standard InChI is InChI=1S/C19H31N3O2/c1-5-20-19(21-10-7-6-8-18(23)24-4)22-11-9-17-13-15(2)12-16(3)14-17/h12-14H,5-11H2,1-4H3,(H2,20,21,22). The first-order valence-corrected chi connectivity index (χ1v) is 8.71. The van der Waals surface area contributed by atoms with Crippen molar-refractivity contribution in [3.05, 3.63) is 34.9 Å². The van der Waals surface area contributed by atoms with Gasteiger partial charge in [0.05, 0.1) is 7.11 Å². The normalized spacial score (nSPS) is 11.2. The molecule has 0 unspecified atom stereocenters. The number of nitrogens with one attached hydrogen (secondary N) is 2. The van der Waals surface area contributed by atoms with Gasteiger partial charge in [0.15, 0.2) is 5.96 Å². The lowest BCUT2D eigenvalue weighted by Crippen LogP contribution is -2.38. The van der Waals surface area contributed by atoms with Gasteiger partial charge in [-0.2, -0.15) is 0 Å². The smallest absolute Gasteiger partial charge is 0.305 e. The Morgan fingerprint density at radius 1 is 1.12 bits per heavy atom. The minimum atomic E-state index is -0.155. The lowest BCUT2D eigenvalue weighted by Gasteiger charge is -2.12. The summed E-state index contributed by atoms with van der Waals surface area (Å²) in [6.07, 6.45) is 3.11. The van der Waals surface area contributed by atoms with E-state index in [0.717, 1.165) is 38.3 Å². The van der Waals surface area contributed by atoms with Crippen LogP contribution in [0.1, 0.15) is 42.9 Å². The second-order valence-electron chi connectivity index (χ2n) is 5.97. The van der Waals surface area contributed by atoms with E-state index in [0.29, 0.717) is 13.0 Å². The summed E-state index contributed by atoms with van der Waals surface area (Å²) in [6, 6.07) is 6.65. The summed E-state index contributed by atoms with van der Waals surface area (Å²) in [5.74, 6) is 0.678. The first kappa shape index (κ1) is 20.0. The van der Waals surface area contributed by atoms with Crippen molar-refractivity contribution in [1.29, 1.82) is 0 Å². The van der Waals surface area contributed by atoms with Crippen molar-refractivity contribution in [2.45, 2.75) is 46.5 Å². The average Bonchev–Trinajstić information content (AvgIpc) is 2.53. The third kappa shape index (κ3) is 8.56. The van der Waals surface area contributed by atoms with Crippen LogP contribution in [0.2, 0.25) is 0 Å². The second-order valence-corrected chi connectivity index (χ2v) is 5.97. The van der Waals surface area contributed by atoms with Crippen molar-refractivity contribution >= 4 is 11.9 Å². The first-order chi connectivity index (χ1) is 11.5. The Morgan fingerprint density at radius 3 is 2.46 bits per heavy atom. The first-order valence-electron chi connectivity index (χ1n) is 8.71. The Kier molecular flexibility index (Phi) is 9.58. The molecule has 1 aromatic carbocycles. The average molecular weight is 333 g/mol. The summed E-state index contributed by atoms with van der Waals surface area (Å²) in [7, 11) is 1.42. The van der Waals surface area contributed by atoms with Crippen molar-refractivity contribution in [3.63, 3.8) is 0 Å². The molecule has 24 heavy (non-hydrogen) atoms. The van der Waals surface area contributed by atoms with Gasteiger partial charge < -0.3 is 15.4 Å². The number of esters is 1. The number of carbonyl (C=O) groups is 1. The van der Waals surface area contributed by atoms with Crippen LogP contribution >= 0.6 is 0 Å². The number of nitrogens with zero attached hydrogens (tertiary/aromatic N) is 1. The number of hydrogen-bond acceptors (Lipinski definition) is 3. The van der Waals surface area contributed by atoms with Crippen molar-refractivity contribution < 1.29 is 9.53 Å². The van der Waals surface area contributed by atoms with Gasteiger partial charge >= 0.3 is 5.97 Å². The molecule has 0 radical (unpaired) electrons. The zero-order valence-corrected chi connectivity index (χ0v) is 15.4. The van der Waals surface area contributed by atoms with E-state index >= 15 is 0 Å². The number of guanidine groups is 1. The molecule has 0 amide bonds. The van der Waals surface area contributed by atoms with Crippen LogP contribution in [0.15, 0.2) is 23.2 Å². The molecule has 0 atom stereocenters. The summed E-state index contributed by atoms with van der Waals surface area (Å²) in [5, 5.41) is 6.62. The summed E-state index contributed by atoms with van der Waals surface area (Å²) < 4.78 is 4.63. The fourth-order valence-corrected chi connectivity index (χ4v) is 2.55. The van der Waals surface area contributed by atoms with Crippen LogP contribution in [0, 0.1) is 13.8 Å². The fraction of sp³-hybridized carbons (Fsp3) is 0.579. The molecule has 1 rings (SSSR count). The van der Waals surface area contributed by atoms with E-state index in [1.54, 1.807) is 0 Å². The van der Waals surface area contributed by atoms with Crippen LogP contribution in [-0.2, 0) is 16.0 Å². The van der Waals surface area contributed by atoms with Crippen LogP contribution in [0.25, 0.3) is 0 Å². The van der Waals surface area contributed by atoms with Gasteiger partial charge in [-0.15, -0.1) is 0 Å². The molecule has 0 heterocycles. The molecule has 0 aliphatic carbocycles. The molecule has 0 aliphatic heterocycles. The van der Waals surface area contributed by atoms with Crippen molar-refractivity contribution in [1.82, 2.24) is 10.6 Å². The minimum Gasteiger partial charge on any atom is -0.469 e. The minimum absolute atomic E-state index is 0.155. The summed E-state index contributed by atoms with van der Waals surface area (Å²) in [5.41, 5.74) is 3.95. The Bertz CT molecular complexity index is 521. The molecule has 0 aromatic heterocycles. The molecule has 2 N–H and O–H groups in total. The lowest BCUT2D eigenvalue weighted by atomic mass is 10.1. The number of unbranched alkanes of at least 4 members (excludes halogenated alkanes) is 1. The summed E-state index contributed by atoms with van der Waals surface area (Å²) in [4.78, 5) is 15.6. The van der Waals surface area contributed by atoms with E-state index in [9.17, 15) is 4.79 Å². The van der Waals surface area contributed by atoms with Gasteiger partial charge in [0.2, 0.25) is 0 Å². The van der Waals surface area contributed by atoms with Crippen molar-refractivity contribution in [2.75, 3.05) is 26.7 Å². The number of aliphatic imine (C=N–C) groups is 1. The quantitative estimate of drug-likeness (QED) is 0.316. The Hall–Kier alpha value is -2.04. The molecule has 0 saturated heterocycles. The van der Waals surface area contributed by atoms with Crippen LogP contribution in [-0.4, -0.2) is 38.7 Å². The van der Waals surface area contributed by atoms with Gasteiger partial charge in [-0.05, 0) is 45.6 Å². The molecule has 1 aromatic rings. The van der Waals surface area contributed by atoms with Gasteiger partial charge in [0, 0.05) is 26.1 Å². The Labute approximate surface area is 145 Å². The van der Waals surface area contributed by atoms with Crippen molar-refractivity contribution in [2.24, 2.45) is 4.99 Å². The molecule has 5 heteroatoms. The maximum absolute atomic E-state index is 11.1. The highest BCUT2D eigenvalue weighted by Gasteiger charge is 2.01. The molecular formula is C19H31N3O2. The zero-order chi connectivity index (χ0) is 17.8. The summed E-state index contributed by atoms with van der Waals surface area (Å²) in [6.45, 7) is 8.69. The molecule has 0 spiro atoms. The molecule has 0 aliphatic rings. The Morgan fingerprint density at radius 2 is 1.83 bits per heavy atom. The predicted molar refractivity (Wildman–Crippen MR) is 99.5 cm³/mol. The number of methoxy groups -OCH3 is 1. The molecular weight excluding hydrogens is 302 g/mol. The van der Waals surface area contributed by atoms with E-state index in [1.165, 1.54) is 23.8 Å². The summed E-state index contributed by atoms with van der Waals surface area (Å²) >= 11 is 0. The molecule has 5 nitrogen and oxygen atoms in total. The van der Waals surface area contributed by atoms with E-state index in [4.69, 9.17) is 0 Å². The maximum atomic E-state index is 11.1. The van der Waals surface area contributed by atoms with Gasteiger partial charge in [-0.25, -0.2) is 0 Å². The highest BCUT2D eigenvalue weighted by atomic mass is 16.5.